The Balaban J connectivity index is 2.55. The van der Waals surface area contributed by atoms with Gasteiger partial charge >= 0.3 is 0 Å². The lowest BCUT2D eigenvalue weighted by Gasteiger charge is -2.17. The van der Waals surface area contributed by atoms with Gasteiger partial charge in [-0.3, -0.25) is 0 Å². The predicted molar refractivity (Wildman–Crippen MR) is 71.4 cm³/mol. The summed E-state index contributed by atoms with van der Waals surface area (Å²) in [6, 6.07) is 6.03. The van der Waals surface area contributed by atoms with Crippen LogP contribution in [-0.2, 0) is 0 Å². The van der Waals surface area contributed by atoms with Gasteiger partial charge in [-0.2, -0.15) is 4.98 Å². The molecule has 4 nitrogen and oxygen atoms in total. The number of pyridine rings is 1. The second-order valence-electron chi connectivity index (χ2n) is 4.01. The maximum absolute atomic E-state index is 5.74. The first-order chi connectivity index (χ1) is 8.30. The number of nitrogens with two attached hydrogens (primary N) is 1. The molecule has 0 aliphatic carbocycles. The van der Waals surface area contributed by atoms with E-state index in [0.717, 1.165) is 12.2 Å². The van der Waals surface area contributed by atoms with E-state index in [9.17, 15) is 0 Å². The smallest absolute Gasteiger partial charge is 0.215 e. The number of nitrogens with one attached hydrogen (secondary N) is 1. The molecule has 1 rings (SSSR count). The molecule has 0 aliphatic heterocycles. The summed E-state index contributed by atoms with van der Waals surface area (Å²) >= 11 is 0. The molecule has 0 radical (unpaired) electrons. The minimum absolute atomic E-state index is 0.291. The van der Waals surface area contributed by atoms with Crippen LogP contribution in [0.5, 0.6) is 5.88 Å². The Hall–Kier alpha value is -1.29. The highest BCUT2D eigenvalue weighted by Gasteiger charge is 2.06. The molecule has 17 heavy (non-hydrogen) atoms. The van der Waals surface area contributed by atoms with Crippen LogP contribution in [0.3, 0.4) is 0 Å². The summed E-state index contributed by atoms with van der Waals surface area (Å²) in [5, 5.41) is 3.35. The van der Waals surface area contributed by atoms with Gasteiger partial charge in [-0.1, -0.05) is 25.8 Å². The maximum Gasteiger partial charge on any atom is 0.215 e. The molecular formula is C13H23N3O. The van der Waals surface area contributed by atoms with E-state index in [0.29, 0.717) is 25.1 Å². The van der Waals surface area contributed by atoms with E-state index in [1.165, 1.54) is 12.8 Å². The summed E-state index contributed by atoms with van der Waals surface area (Å²) in [5.74, 6) is 1.49. The van der Waals surface area contributed by atoms with Crippen LogP contribution in [0.2, 0.25) is 0 Å². The maximum atomic E-state index is 5.74. The molecule has 0 saturated heterocycles. The number of ether oxygens (including phenoxy) is 1. The fourth-order valence-electron chi connectivity index (χ4n) is 1.63. The van der Waals surface area contributed by atoms with Crippen LogP contribution in [0, 0.1) is 0 Å². The molecule has 0 aromatic carbocycles. The molecule has 1 heterocycles. The first-order valence-corrected chi connectivity index (χ1v) is 6.36. The Kier molecular flexibility index (Phi) is 6.40. The van der Waals surface area contributed by atoms with Crippen LogP contribution >= 0.6 is 0 Å². The molecule has 1 unspecified atom stereocenters. The van der Waals surface area contributed by atoms with E-state index in [4.69, 9.17) is 10.5 Å². The van der Waals surface area contributed by atoms with Gasteiger partial charge in [0.05, 0.1) is 6.61 Å². The van der Waals surface area contributed by atoms with Crippen molar-refractivity contribution in [1.29, 1.82) is 0 Å². The number of aromatic nitrogens is 1. The van der Waals surface area contributed by atoms with Gasteiger partial charge in [-0.05, 0) is 19.4 Å². The molecule has 4 heteroatoms. The van der Waals surface area contributed by atoms with E-state index in [-0.39, 0.29) is 0 Å². The van der Waals surface area contributed by atoms with Gasteiger partial charge in [0.1, 0.15) is 5.82 Å². The van der Waals surface area contributed by atoms with Crippen molar-refractivity contribution in [3.63, 3.8) is 0 Å². The van der Waals surface area contributed by atoms with Crippen molar-refractivity contribution < 1.29 is 4.74 Å². The van der Waals surface area contributed by atoms with Crippen molar-refractivity contribution in [3.8, 4) is 5.88 Å². The Morgan fingerprint density at radius 3 is 2.88 bits per heavy atom. The number of unbranched alkanes of at least 4 members (excludes halogenated alkanes) is 1. The summed E-state index contributed by atoms with van der Waals surface area (Å²) in [6.45, 7) is 5.39. The van der Waals surface area contributed by atoms with Crippen LogP contribution in [0.25, 0.3) is 0 Å². The Morgan fingerprint density at radius 1 is 1.41 bits per heavy atom. The van der Waals surface area contributed by atoms with E-state index < -0.39 is 0 Å². The molecule has 0 saturated carbocycles. The monoisotopic (exact) mass is 237 g/mol. The summed E-state index contributed by atoms with van der Waals surface area (Å²) < 4.78 is 5.36. The fraction of sp³-hybridized carbons (Fsp3) is 0.615. The summed E-state index contributed by atoms with van der Waals surface area (Å²) in [4.78, 5) is 4.37. The lowest BCUT2D eigenvalue weighted by Crippen LogP contribution is -2.29. The third-order valence-electron chi connectivity index (χ3n) is 2.56. The Bertz CT molecular complexity index is 317. The van der Waals surface area contributed by atoms with E-state index in [1.54, 1.807) is 0 Å². The quantitative estimate of drug-likeness (QED) is 0.729. The minimum atomic E-state index is 0.291. The highest BCUT2D eigenvalue weighted by atomic mass is 16.5. The molecule has 1 aromatic rings. The average Bonchev–Trinajstić information content (AvgIpc) is 2.35. The zero-order valence-electron chi connectivity index (χ0n) is 10.8. The Morgan fingerprint density at radius 2 is 2.24 bits per heavy atom. The van der Waals surface area contributed by atoms with Gasteiger partial charge in [-0.15, -0.1) is 0 Å². The summed E-state index contributed by atoms with van der Waals surface area (Å²) in [5.41, 5.74) is 5.74. The van der Waals surface area contributed by atoms with Crippen LogP contribution in [0.15, 0.2) is 18.2 Å². The van der Waals surface area contributed by atoms with Crippen molar-refractivity contribution in [2.24, 2.45) is 5.73 Å². The first-order valence-electron chi connectivity index (χ1n) is 6.36. The zero-order valence-corrected chi connectivity index (χ0v) is 10.8. The lowest BCUT2D eigenvalue weighted by atomic mass is 10.1. The van der Waals surface area contributed by atoms with Gasteiger partial charge in [0.2, 0.25) is 5.88 Å². The first kappa shape index (κ1) is 13.8. The number of hydrogen-bond acceptors (Lipinski definition) is 4. The van der Waals surface area contributed by atoms with E-state index in [2.05, 4.69) is 17.2 Å². The molecule has 1 aromatic heterocycles. The van der Waals surface area contributed by atoms with Crippen LogP contribution in [-0.4, -0.2) is 24.2 Å². The highest BCUT2D eigenvalue weighted by Crippen LogP contribution is 2.13. The fourth-order valence-corrected chi connectivity index (χ4v) is 1.63. The Labute approximate surface area is 104 Å². The van der Waals surface area contributed by atoms with Crippen molar-refractivity contribution in [3.05, 3.63) is 18.2 Å². The van der Waals surface area contributed by atoms with Gasteiger partial charge in [0, 0.05) is 18.7 Å². The van der Waals surface area contributed by atoms with Gasteiger partial charge in [0.25, 0.3) is 0 Å². The topological polar surface area (TPSA) is 60.2 Å². The largest absolute Gasteiger partial charge is 0.478 e. The van der Waals surface area contributed by atoms with Crippen molar-refractivity contribution in [2.75, 3.05) is 18.5 Å². The van der Waals surface area contributed by atoms with Gasteiger partial charge in [-0.25, -0.2) is 0 Å². The zero-order chi connectivity index (χ0) is 12.5. The SMILES string of the molecule is CCCCC(CN)Nc1cccc(OCC)n1. The summed E-state index contributed by atoms with van der Waals surface area (Å²) in [7, 11) is 0. The van der Waals surface area contributed by atoms with E-state index in [1.807, 2.05) is 25.1 Å². The standard InChI is InChI=1S/C13H23N3O/c1-3-5-7-11(10-14)15-12-8-6-9-13(16-12)17-4-2/h6,8-9,11H,3-5,7,10,14H2,1-2H3,(H,15,16). The van der Waals surface area contributed by atoms with Crippen molar-refractivity contribution in [2.45, 2.75) is 39.2 Å². The molecule has 96 valence electrons. The lowest BCUT2D eigenvalue weighted by molar-refractivity contribution is 0.327. The van der Waals surface area contributed by atoms with Gasteiger partial charge in [0.15, 0.2) is 0 Å². The highest BCUT2D eigenvalue weighted by molar-refractivity contribution is 5.38. The number of nitrogens with zero attached hydrogens (tertiary/aromatic N) is 1. The molecule has 0 amide bonds. The summed E-state index contributed by atoms with van der Waals surface area (Å²) in [6.07, 6.45) is 3.44. The number of hydrogen-bond donors (Lipinski definition) is 2. The minimum Gasteiger partial charge on any atom is -0.478 e. The van der Waals surface area contributed by atoms with Gasteiger partial charge < -0.3 is 15.8 Å². The molecule has 1 atom stereocenters. The second kappa shape index (κ2) is 7.90. The third kappa shape index (κ3) is 5.04. The average molecular weight is 237 g/mol. The van der Waals surface area contributed by atoms with Crippen LogP contribution in [0.4, 0.5) is 5.82 Å². The number of anilines is 1. The van der Waals surface area contributed by atoms with Crippen LogP contribution < -0.4 is 15.8 Å². The molecule has 0 spiro atoms. The van der Waals surface area contributed by atoms with Crippen molar-refractivity contribution >= 4 is 5.82 Å². The molecule has 0 aliphatic rings. The molecule has 0 fully saturated rings. The second-order valence-corrected chi connectivity index (χ2v) is 4.01. The van der Waals surface area contributed by atoms with Crippen molar-refractivity contribution in [1.82, 2.24) is 4.98 Å². The molecule has 0 bridgehead atoms. The molecular weight excluding hydrogens is 214 g/mol. The van der Waals surface area contributed by atoms with Crippen LogP contribution in [0.1, 0.15) is 33.1 Å². The number of rotatable bonds is 8. The predicted octanol–water partition coefficient (Wildman–Crippen LogP) is 2.41. The third-order valence-corrected chi connectivity index (χ3v) is 2.56. The molecule has 3 N–H and O–H groups in total. The van der Waals surface area contributed by atoms with E-state index >= 15 is 0 Å². The normalized spacial score (nSPS) is 12.2.